The van der Waals surface area contributed by atoms with Crippen LogP contribution in [0.25, 0.3) is 0 Å². The summed E-state index contributed by atoms with van der Waals surface area (Å²) in [5.41, 5.74) is 0.936. The highest BCUT2D eigenvalue weighted by Gasteiger charge is 2.43. The maximum atomic E-state index is 12.2. The van der Waals surface area contributed by atoms with E-state index in [0.717, 1.165) is 5.56 Å². The fraction of sp³-hybridized carbons (Fsp3) is 0.471. The molecule has 1 aromatic carbocycles. The smallest absolute Gasteiger partial charge is 0.465 e. The number of rotatable bonds is 8. The minimum atomic E-state index is -5.27. The van der Waals surface area contributed by atoms with E-state index in [2.05, 4.69) is 10.1 Å². The van der Waals surface area contributed by atoms with Crippen molar-refractivity contribution in [3.63, 3.8) is 0 Å². The van der Waals surface area contributed by atoms with E-state index >= 15 is 0 Å². The molecule has 0 radical (unpaired) electrons. The summed E-state index contributed by atoms with van der Waals surface area (Å²) in [6.45, 7) is 2.90. The molecule has 0 saturated heterocycles. The topological polar surface area (TPSA) is 81.7 Å². The van der Waals surface area contributed by atoms with E-state index in [4.69, 9.17) is 4.74 Å². The number of alkyl halides is 3. The Morgan fingerprint density at radius 1 is 1.12 bits per heavy atom. The van der Waals surface area contributed by atoms with Crippen molar-refractivity contribution in [2.45, 2.75) is 44.9 Å². The van der Waals surface area contributed by atoms with Crippen molar-refractivity contribution < 1.29 is 37.0 Å². The van der Waals surface area contributed by atoms with Gasteiger partial charge >= 0.3 is 24.1 Å². The highest BCUT2D eigenvalue weighted by molar-refractivity contribution is 5.91. The molecule has 0 aliphatic rings. The number of carbonyl (C=O) groups is 3. The second kappa shape index (κ2) is 9.91. The lowest BCUT2D eigenvalue weighted by Gasteiger charge is -2.21. The quantitative estimate of drug-likeness (QED) is 0.554. The standard InChI is InChI=1S/C17H20F3NO5/c1-3-25-15(23)13(10-9-12-7-5-4-6-8-12)21-11(2)14(22)26-16(24)17(18,19)20/h4-8,11,13,21H,3,9-10H2,1-2H3/t11-,13-/m0/s1. The Morgan fingerprint density at radius 3 is 2.27 bits per heavy atom. The molecule has 2 atom stereocenters. The number of carbonyl (C=O) groups excluding carboxylic acids is 3. The van der Waals surface area contributed by atoms with Gasteiger partial charge in [0.15, 0.2) is 0 Å². The zero-order chi connectivity index (χ0) is 19.7. The van der Waals surface area contributed by atoms with E-state index < -0.39 is 36.2 Å². The van der Waals surface area contributed by atoms with Crippen molar-refractivity contribution in [1.82, 2.24) is 5.32 Å². The van der Waals surface area contributed by atoms with Crippen LogP contribution in [0.2, 0.25) is 0 Å². The van der Waals surface area contributed by atoms with Crippen LogP contribution in [-0.4, -0.2) is 42.8 Å². The number of halogens is 3. The number of nitrogens with one attached hydrogen (secondary N) is 1. The number of hydrogen-bond donors (Lipinski definition) is 1. The van der Waals surface area contributed by atoms with Gasteiger partial charge in [0.25, 0.3) is 0 Å². The maximum absolute atomic E-state index is 12.2. The molecule has 0 aliphatic heterocycles. The molecule has 144 valence electrons. The van der Waals surface area contributed by atoms with Gasteiger partial charge in [-0.15, -0.1) is 0 Å². The van der Waals surface area contributed by atoms with Crippen LogP contribution in [-0.2, 0) is 30.3 Å². The van der Waals surface area contributed by atoms with Gasteiger partial charge in [0, 0.05) is 0 Å². The first kappa shape index (κ1) is 21.6. The van der Waals surface area contributed by atoms with Crippen LogP contribution >= 0.6 is 0 Å². The van der Waals surface area contributed by atoms with Crippen LogP contribution in [0.5, 0.6) is 0 Å². The van der Waals surface area contributed by atoms with Gasteiger partial charge in [0.1, 0.15) is 12.1 Å². The Kier molecular flexibility index (Phi) is 8.24. The minimum Gasteiger partial charge on any atom is -0.465 e. The summed E-state index contributed by atoms with van der Waals surface area (Å²) in [6.07, 6.45) is -4.56. The van der Waals surface area contributed by atoms with Crippen LogP contribution in [0.15, 0.2) is 30.3 Å². The van der Waals surface area contributed by atoms with Crippen molar-refractivity contribution in [3.05, 3.63) is 35.9 Å². The van der Waals surface area contributed by atoms with Crippen LogP contribution in [0.1, 0.15) is 25.8 Å². The van der Waals surface area contributed by atoms with Crippen LogP contribution in [0.3, 0.4) is 0 Å². The Morgan fingerprint density at radius 2 is 1.73 bits per heavy atom. The molecule has 1 aromatic rings. The molecule has 0 saturated carbocycles. The first-order valence-corrected chi connectivity index (χ1v) is 7.94. The second-order valence-electron chi connectivity index (χ2n) is 5.42. The van der Waals surface area contributed by atoms with E-state index in [9.17, 15) is 27.6 Å². The third kappa shape index (κ3) is 7.22. The molecule has 0 heterocycles. The SMILES string of the molecule is CCOC(=O)[C@H](CCc1ccccc1)N[C@@H](C)C(=O)OC(=O)C(F)(F)F. The van der Waals surface area contributed by atoms with Gasteiger partial charge in [-0.2, -0.15) is 13.2 Å². The first-order valence-electron chi connectivity index (χ1n) is 7.94. The normalized spacial score (nSPS) is 13.6. The number of esters is 3. The van der Waals surface area contributed by atoms with E-state index in [1.807, 2.05) is 30.3 Å². The molecular formula is C17H20F3NO5. The second-order valence-corrected chi connectivity index (χ2v) is 5.42. The van der Waals surface area contributed by atoms with Crippen LogP contribution in [0, 0.1) is 0 Å². The lowest BCUT2D eigenvalue weighted by molar-refractivity contribution is -0.202. The van der Waals surface area contributed by atoms with Gasteiger partial charge in [-0.25, -0.2) is 9.59 Å². The van der Waals surface area contributed by atoms with Crippen molar-refractivity contribution in [2.75, 3.05) is 6.61 Å². The highest BCUT2D eigenvalue weighted by Crippen LogP contribution is 2.17. The van der Waals surface area contributed by atoms with Crippen LogP contribution in [0.4, 0.5) is 13.2 Å². The summed E-state index contributed by atoms with van der Waals surface area (Å²) in [7, 11) is 0. The molecule has 0 spiro atoms. The third-order valence-electron chi connectivity index (χ3n) is 3.37. The molecule has 1 N–H and O–H groups in total. The summed E-state index contributed by atoms with van der Waals surface area (Å²) < 4.78 is 45.1. The molecule has 0 aliphatic carbocycles. The summed E-state index contributed by atoms with van der Waals surface area (Å²) in [4.78, 5) is 34.4. The van der Waals surface area contributed by atoms with E-state index in [1.54, 1.807) is 6.92 Å². The molecule has 0 amide bonds. The molecular weight excluding hydrogens is 355 g/mol. The summed E-state index contributed by atoms with van der Waals surface area (Å²) in [5.74, 6) is -4.68. The largest absolute Gasteiger partial charge is 0.491 e. The molecule has 26 heavy (non-hydrogen) atoms. The lowest BCUT2D eigenvalue weighted by atomic mass is 10.0. The van der Waals surface area contributed by atoms with Crippen molar-refractivity contribution in [1.29, 1.82) is 0 Å². The van der Waals surface area contributed by atoms with Gasteiger partial charge in [-0.1, -0.05) is 30.3 Å². The van der Waals surface area contributed by atoms with Gasteiger partial charge in [0.05, 0.1) is 6.61 Å². The van der Waals surface area contributed by atoms with E-state index in [-0.39, 0.29) is 13.0 Å². The number of hydrogen-bond acceptors (Lipinski definition) is 6. The molecule has 6 nitrogen and oxygen atoms in total. The summed E-state index contributed by atoms with van der Waals surface area (Å²) in [6, 6.07) is 6.92. The molecule has 0 unspecified atom stereocenters. The Labute approximate surface area is 148 Å². The van der Waals surface area contributed by atoms with E-state index in [1.165, 1.54) is 6.92 Å². The monoisotopic (exact) mass is 375 g/mol. The number of aryl methyl sites for hydroxylation is 1. The van der Waals surface area contributed by atoms with Gasteiger partial charge in [-0.05, 0) is 32.3 Å². The molecule has 0 fully saturated rings. The summed E-state index contributed by atoms with van der Waals surface area (Å²) in [5, 5.41) is 2.56. The first-order chi connectivity index (χ1) is 12.1. The summed E-state index contributed by atoms with van der Waals surface area (Å²) >= 11 is 0. The lowest BCUT2D eigenvalue weighted by Crippen LogP contribution is -2.48. The fourth-order valence-corrected chi connectivity index (χ4v) is 2.08. The van der Waals surface area contributed by atoms with Crippen molar-refractivity contribution in [3.8, 4) is 0 Å². The molecule has 0 aromatic heterocycles. The van der Waals surface area contributed by atoms with Crippen molar-refractivity contribution >= 4 is 17.9 Å². The average Bonchev–Trinajstić information content (AvgIpc) is 2.58. The van der Waals surface area contributed by atoms with Gasteiger partial charge in [-0.3, -0.25) is 10.1 Å². The minimum absolute atomic E-state index is 0.105. The Bertz CT molecular complexity index is 619. The predicted octanol–water partition coefficient (Wildman–Crippen LogP) is 2.16. The zero-order valence-electron chi connectivity index (χ0n) is 14.3. The third-order valence-corrected chi connectivity index (χ3v) is 3.37. The van der Waals surface area contributed by atoms with Gasteiger partial charge < -0.3 is 9.47 Å². The Hall–Kier alpha value is -2.42. The maximum Gasteiger partial charge on any atom is 0.491 e. The number of benzene rings is 1. The average molecular weight is 375 g/mol. The highest BCUT2D eigenvalue weighted by atomic mass is 19.4. The Balaban J connectivity index is 2.70. The van der Waals surface area contributed by atoms with Crippen molar-refractivity contribution in [2.24, 2.45) is 0 Å². The van der Waals surface area contributed by atoms with Crippen LogP contribution < -0.4 is 5.32 Å². The zero-order valence-corrected chi connectivity index (χ0v) is 14.3. The molecule has 0 bridgehead atoms. The predicted molar refractivity (Wildman–Crippen MR) is 84.9 cm³/mol. The number of ether oxygens (including phenoxy) is 2. The molecule has 1 rings (SSSR count). The van der Waals surface area contributed by atoms with Gasteiger partial charge in [0.2, 0.25) is 0 Å². The molecule has 9 heteroatoms. The van der Waals surface area contributed by atoms with E-state index in [0.29, 0.717) is 6.42 Å². The fourth-order valence-electron chi connectivity index (χ4n) is 2.08.